The number of aromatic hydroxyl groups is 1. The van der Waals surface area contributed by atoms with Crippen LogP contribution in [-0.2, 0) is 0 Å². The minimum absolute atomic E-state index is 0.0652. The van der Waals surface area contributed by atoms with Crippen LogP contribution in [0.1, 0.15) is 23.7 Å². The average molecular weight is 280 g/mol. The van der Waals surface area contributed by atoms with Gasteiger partial charge in [0.25, 0.3) is 0 Å². The monoisotopic (exact) mass is 280 g/mol. The number of rotatable bonds is 2. The maximum Gasteiger partial charge on any atom is 0.335 e. The number of likely N-dealkylation sites (tertiary alicyclic amines) is 1. The normalized spacial score (nSPS) is 21.8. The van der Waals surface area contributed by atoms with E-state index in [-0.39, 0.29) is 23.5 Å². The lowest BCUT2D eigenvalue weighted by molar-refractivity contribution is 0.0695. The number of phenolic OH excluding ortho intramolecular Hbond substituents is 1. The minimum Gasteiger partial charge on any atom is -0.506 e. The highest BCUT2D eigenvalue weighted by Crippen LogP contribution is 2.26. The number of aromatic carboxylic acids is 1. The zero-order valence-electron chi connectivity index (χ0n) is 11.0. The zero-order chi connectivity index (χ0) is 14.9. The Kier molecular flexibility index (Phi) is 3.54. The van der Waals surface area contributed by atoms with E-state index in [1.54, 1.807) is 6.92 Å². The number of amides is 2. The van der Waals surface area contributed by atoms with Crippen LogP contribution in [0.5, 0.6) is 5.75 Å². The van der Waals surface area contributed by atoms with Crippen molar-refractivity contribution in [3.8, 4) is 5.75 Å². The lowest BCUT2D eigenvalue weighted by Crippen LogP contribution is -2.36. The van der Waals surface area contributed by atoms with Gasteiger partial charge in [0.15, 0.2) is 0 Å². The molecule has 0 bridgehead atoms. The second-order valence-corrected chi connectivity index (χ2v) is 5.14. The van der Waals surface area contributed by atoms with Gasteiger partial charge >= 0.3 is 12.0 Å². The number of carbonyl (C=O) groups excluding carboxylic acids is 1. The van der Waals surface area contributed by atoms with E-state index in [0.717, 1.165) is 6.07 Å². The molecule has 1 saturated heterocycles. The number of benzene rings is 1. The molecule has 0 spiro atoms. The molecule has 1 unspecified atom stereocenters. The summed E-state index contributed by atoms with van der Waals surface area (Å²) in [5.74, 6) is -1.47. The van der Waals surface area contributed by atoms with Gasteiger partial charge in [-0.25, -0.2) is 9.59 Å². The van der Waals surface area contributed by atoms with Crippen LogP contribution in [-0.4, -0.2) is 50.9 Å². The van der Waals surface area contributed by atoms with Gasteiger partial charge < -0.3 is 25.5 Å². The van der Waals surface area contributed by atoms with E-state index in [1.165, 1.54) is 17.0 Å². The third-order valence-corrected chi connectivity index (χ3v) is 3.23. The molecule has 0 saturated carbocycles. The highest BCUT2D eigenvalue weighted by atomic mass is 16.4. The summed E-state index contributed by atoms with van der Waals surface area (Å²) in [6.07, 6.45) is 0.490. The number of urea groups is 1. The maximum atomic E-state index is 11.9. The molecule has 0 radical (unpaired) electrons. The summed E-state index contributed by atoms with van der Waals surface area (Å²) >= 11 is 0. The fourth-order valence-electron chi connectivity index (χ4n) is 2.08. The lowest BCUT2D eigenvalue weighted by atomic mass is 10.1. The number of carboxylic acids is 1. The second kappa shape index (κ2) is 5.01. The van der Waals surface area contributed by atoms with Crippen molar-refractivity contribution in [3.63, 3.8) is 0 Å². The Morgan fingerprint density at radius 1 is 1.40 bits per heavy atom. The van der Waals surface area contributed by atoms with Gasteiger partial charge in [0.1, 0.15) is 5.75 Å². The molecule has 7 nitrogen and oxygen atoms in total. The van der Waals surface area contributed by atoms with Crippen molar-refractivity contribution in [1.29, 1.82) is 0 Å². The Hall–Kier alpha value is -2.28. The summed E-state index contributed by atoms with van der Waals surface area (Å²) < 4.78 is 0. The molecular weight excluding hydrogens is 264 g/mol. The molecule has 2 rings (SSSR count). The first kappa shape index (κ1) is 14.1. The Morgan fingerprint density at radius 2 is 2.10 bits per heavy atom. The Balaban J connectivity index is 2.07. The molecule has 108 valence electrons. The van der Waals surface area contributed by atoms with E-state index in [1.807, 2.05) is 0 Å². The first-order chi connectivity index (χ1) is 9.28. The smallest absolute Gasteiger partial charge is 0.335 e. The van der Waals surface area contributed by atoms with E-state index < -0.39 is 17.6 Å². The summed E-state index contributed by atoms with van der Waals surface area (Å²) in [6.45, 7) is 2.29. The maximum absolute atomic E-state index is 11.9. The first-order valence-corrected chi connectivity index (χ1v) is 6.13. The molecular formula is C13H16N2O5. The topological polar surface area (TPSA) is 110 Å². The van der Waals surface area contributed by atoms with Gasteiger partial charge in [-0.2, -0.15) is 0 Å². The molecule has 1 aliphatic rings. The molecule has 1 fully saturated rings. The van der Waals surface area contributed by atoms with Gasteiger partial charge in [-0.15, -0.1) is 0 Å². The third kappa shape index (κ3) is 3.00. The molecule has 1 aliphatic heterocycles. The molecule has 1 heterocycles. The summed E-state index contributed by atoms with van der Waals surface area (Å²) in [6, 6.07) is 3.24. The standard InChI is InChI=1S/C13H16N2O5/c1-13(20)4-5-15(7-13)12(19)14-9-3-2-8(11(17)18)6-10(9)16/h2-3,6,16,20H,4-5,7H2,1H3,(H,14,19)(H,17,18). The van der Waals surface area contributed by atoms with Crippen molar-refractivity contribution in [2.75, 3.05) is 18.4 Å². The fourth-order valence-corrected chi connectivity index (χ4v) is 2.08. The molecule has 0 aliphatic carbocycles. The van der Waals surface area contributed by atoms with Crippen molar-refractivity contribution >= 4 is 17.7 Å². The number of β-amino-alcohol motifs (C(OH)–C–C–N with tert-alkyl or cyclic N) is 1. The van der Waals surface area contributed by atoms with Gasteiger partial charge in [0.05, 0.1) is 23.4 Å². The van der Waals surface area contributed by atoms with Crippen molar-refractivity contribution < 1.29 is 24.9 Å². The van der Waals surface area contributed by atoms with E-state index in [2.05, 4.69) is 5.32 Å². The number of nitrogens with zero attached hydrogens (tertiary/aromatic N) is 1. The Labute approximate surface area is 115 Å². The van der Waals surface area contributed by atoms with Crippen LogP contribution in [0.2, 0.25) is 0 Å². The van der Waals surface area contributed by atoms with Crippen LogP contribution in [0.15, 0.2) is 18.2 Å². The lowest BCUT2D eigenvalue weighted by Gasteiger charge is -2.19. The van der Waals surface area contributed by atoms with Crippen LogP contribution < -0.4 is 5.32 Å². The van der Waals surface area contributed by atoms with Crippen molar-refractivity contribution in [1.82, 2.24) is 4.90 Å². The Bertz CT molecular complexity index is 556. The Morgan fingerprint density at radius 3 is 2.60 bits per heavy atom. The van der Waals surface area contributed by atoms with E-state index >= 15 is 0 Å². The highest BCUT2D eigenvalue weighted by Gasteiger charge is 2.34. The number of nitrogens with one attached hydrogen (secondary N) is 1. The quantitative estimate of drug-likeness (QED) is 0.606. The first-order valence-electron chi connectivity index (χ1n) is 6.13. The van der Waals surface area contributed by atoms with E-state index in [0.29, 0.717) is 13.0 Å². The number of hydrogen-bond donors (Lipinski definition) is 4. The van der Waals surface area contributed by atoms with E-state index in [9.17, 15) is 19.8 Å². The molecule has 4 N–H and O–H groups in total. The predicted molar refractivity (Wildman–Crippen MR) is 70.9 cm³/mol. The number of phenols is 1. The van der Waals surface area contributed by atoms with Crippen molar-refractivity contribution in [3.05, 3.63) is 23.8 Å². The number of carbonyl (C=O) groups is 2. The average Bonchev–Trinajstić information content (AvgIpc) is 2.72. The largest absolute Gasteiger partial charge is 0.506 e. The molecule has 0 aromatic heterocycles. The summed E-state index contributed by atoms with van der Waals surface area (Å²) in [7, 11) is 0. The van der Waals surface area contributed by atoms with Gasteiger partial charge in [-0.1, -0.05) is 0 Å². The summed E-state index contributed by atoms with van der Waals surface area (Å²) in [5, 5.41) is 30.8. The molecule has 20 heavy (non-hydrogen) atoms. The number of aliphatic hydroxyl groups is 1. The van der Waals surface area contributed by atoms with E-state index in [4.69, 9.17) is 5.11 Å². The van der Waals surface area contributed by atoms with Gasteiger partial charge in [0, 0.05) is 6.54 Å². The summed E-state index contributed by atoms with van der Waals surface area (Å²) in [5.41, 5.74) is -0.830. The molecule has 7 heteroatoms. The molecule has 1 aromatic carbocycles. The zero-order valence-corrected chi connectivity index (χ0v) is 11.0. The van der Waals surface area contributed by atoms with Crippen molar-refractivity contribution in [2.24, 2.45) is 0 Å². The summed E-state index contributed by atoms with van der Waals surface area (Å²) in [4.78, 5) is 24.1. The molecule has 1 aromatic rings. The number of hydrogen-bond acceptors (Lipinski definition) is 4. The van der Waals surface area contributed by atoms with Gasteiger partial charge in [-0.3, -0.25) is 0 Å². The van der Waals surface area contributed by atoms with Gasteiger partial charge in [-0.05, 0) is 31.5 Å². The molecule has 1 atom stereocenters. The van der Waals surface area contributed by atoms with Crippen LogP contribution in [0.25, 0.3) is 0 Å². The fraction of sp³-hybridized carbons (Fsp3) is 0.385. The van der Waals surface area contributed by atoms with Crippen LogP contribution in [0.4, 0.5) is 10.5 Å². The SMILES string of the molecule is CC1(O)CCN(C(=O)Nc2ccc(C(=O)O)cc2O)C1. The third-order valence-electron chi connectivity index (χ3n) is 3.23. The number of carboxylic acid groups (broad SMARTS) is 1. The van der Waals surface area contributed by atoms with Gasteiger partial charge in [0.2, 0.25) is 0 Å². The molecule has 2 amide bonds. The second-order valence-electron chi connectivity index (χ2n) is 5.14. The highest BCUT2D eigenvalue weighted by molar-refractivity contribution is 5.93. The number of anilines is 1. The van der Waals surface area contributed by atoms with Crippen LogP contribution in [0, 0.1) is 0 Å². The van der Waals surface area contributed by atoms with Crippen molar-refractivity contribution in [2.45, 2.75) is 18.9 Å². The minimum atomic E-state index is -1.16. The van der Waals surface area contributed by atoms with Crippen LogP contribution in [0.3, 0.4) is 0 Å². The van der Waals surface area contributed by atoms with Crippen LogP contribution >= 0.6 is 0 Å². The predicted octanol–water partition coefficient (Wildman–Crippen LogP) is 1.08.